The van der Waals surface area contributed by atoms with Crippen molar-refractivity contribution in [1.29, 1.82) is 0 Å². The molecular formula is C21H42O3Si2. The number of rotatable bonds is 10. The van der Waals surface area contributed by atoms with E-state index >= 15 is 0 Å². The number of carbonyl (C=O) groups is 1. The van der Waals surface area contributed by atoms with E-state index in [1.165, 1.54) is 12.7 Å². The van der Waals surface area contributed by atoms with Crippen LogP contribution in [0.5, 0.6) is 0 Å². The highest BCUT2D eigenvalue weighted by Gasteiger charge is 2.36. The van der Waals surface area contributed by atoms with Crippen molar-refractivity contribution in [3.8, 4) is 0 Å². The standard InChI is InChI=1S/C21H42O3Si2/c1-18(20(22)23-5)14-15-19(17-25(6,7)8)13-11-12-16-24-26(9,10)21(2,3)4/h14,17H,11-13,15-16H2,1-10H3/b18-14+,19-17-. The Kier molecular flexibility index (Phi) is 10.4. The van der Waals surface area contributed by atoms with E-state index in [0.717, 1.165) is 32.3 Å². The number of methoxy groups -OCH3 is 1. The molecule has 3 nitrogen and oxygen atoms in total. The molecule has 0 aliphatic heterocycles. The second-order valence-corrected chi connectivity index (χ2v) is 19.6. The molecule has 0 aliphatic rings. The summed E-state index contributed by atoms with van der Waals surface area (Å²) in [6, 6.07) is 0. The number of hydrogen-bond donors (Lipinski definition) is 0. The molecule has 0 heterocycles. The van der Waals surface area contributed by atoms with Crippen LogP contribution in [-0.4, -0.2) is 36.1 Å². The summed E-state index contributed by atoms with van der Waals surface area (Å²) in [5.41, 5.74) is 4.61. The average molecular weight is 399 g/mol. The molecule has 0 saturated carbocycles. The Bertz CT molecular complexity index is 506. The molecule has 152 valence electrons. The van der Waals surface area contributed by atoms with Gasteiger partial charge >= 0.3 is 5.97 Å². The van der Waals surface area contributed by atoms with E-state index in [1.54, 1.807) is 0 Å². The Morgan fingerprint density at radius 1 is 1.04 bits per heavy atom. The van der Waals surface area contributed by atoms with E-state index in [1.807, 2.05) is 13.0 Å². The average Bonchev–Trinajstić information content (AvgIpc) is 2.48. The third-order valence-corrected chi connectivity index (χ3v) is 10.8. The van der Waals surface area contributed by atoms with Gasteiger partial charge in [-0.05, 0) is 50.7 Å². The van der Waals surface area contributed by atoms with E-state index in [4.69, 9.17) is 9.16 Å². The maximum atomic E-state index is 11.6. The van der Waals surface area contributed by atoms with E-state index in [2.05, 4.69) is 59.2 Å². The van der Waals surface area contributed by atoms with Crippen LogP contribution >= 0.6 is 0 Å². The first-order valence-electron chi connectivity index (χ1n) is 9.79. The molecule has 0 aromatic heterocycles. The predicted octanol–water partition coefficient (Wildman–Crippen LogP) is 6.49. The van der Waals surface area contributed by atoms with Crippen molar-refractivity contribution in [2.24, 2.45) is 0 Å². The van der Waals surface area contributed by atoms with Crippen LogP contribution in [0.25, 0.3) is 0 Å². The Balaban J connectivity index is 4.65. The highest BCUT2D eigenvalue weighted by Crippen LogP contribution is 2.36. The summed E-state index contributed by atoms with van der Waals surface area (Å²) in [7, 11) is -1.49. The number of unbranched alkanes of at least 4 members (excludes halogenated alkanes) is 1. The largest absolute Gasteiger partial charge is 0.466 e. The highest BCUT2D eigenvalue weighted by atomic mass is 28.4. The van der Waals surface area contributed by atoms with Crippen LogP contribution in [-0.2, 0) is 14.0 Å². The molecule has 0 atom stereocenters. The lowest BCUT2D eigenvalue weighted by Gasteiger charge is -2.36. The molecule has 26 heavy (non-hydrogen) atoms. The predicted molar refractivity (Wildman–Crippen MR) is 119 cm³/mol. The van der Waals surface area contributed by atoms with Gasteiger partial charge in [0.2, 0.25) is 0 Å². The van der Waals surface area contributed by atoms with Gasteiger partial charge in [0.15, 0.2) is 8.32 Å². The van der Waals surface area contributed by atoms with Gasteiger partial charge in [-0.15, -0.1) is 0 Å². The van der Waals surface area contributed by atoms with Crippen molar-refractivity contribution in [3.63, 3.8) is 0 Å². The SMILES string of the molecule is COC(=O)/C(C)=C/C/C(=C\[Si](C)(C)C)CCCCO[Si](C)(C)C(C)(C)C. The number of hydrogen-bond acceptors (Lipinski definition) is 3. The first-order valence-corrected chi connectivity index (χ1v) is 16.3. The van der Waals surface area contributed by atoms with E-state index < -0.39 is 16.4 Å². The lowest BCUT2D eigenvalue weighted by atomic mass is 10.1. The van der Waals surface area contributed by atoms with Crippen molar-refractivity contribution in [2.45, 2.75) is 91.2 Å². The fourth-order valence-electron chi connectivity index (χ4n) is 2.37. The van der Waals surface area contributed by atoms with Crippen LogP contribution < -0.4 is 0 Å². The third kappa shape index (κ3) is 10.5. The number of ether oxygens (including phenoxy) is 1. The second kappa shape index (κ2) is 10.6. The maximum absolute atomic E-state index is 11.6. The Hall–Kier alpha value is -0.656. The third-order valence-electron chi connectivity index (χ3n) is 4.98. The summed E-state index contributed by atoms with van der Waals surface area (Å²) >= 11 is 0. The summed E-state index contributed by atoms with van der Waals surface area (Å²) in [4.78, 5) is 11.6. The molecular weight excluding hydrogens is 356 g/mol. The van der Waals surface area contributed by atoms with Crippen molar-refractivity contribution >= 4 is 22.4 Å². The molecule has 0 N–H and O–H groups in total. The normalized spacial score (nSPS) is 14.5. The smallest absolute Gasteiger partial charge is 0.333 e. The van der Waals surface area contributed by atoms with Gasteiger partial charge in [-0.2, -0.15) is 0 Å². The van der Waals surface area contributed by atoms with E-state index in [9.17, 15) is 4.79 Å². The zero-order valence-electron chi connectivity index (χ0n) is 18.9. The van der Waals surface area contributed by atoms with Gasteiger partial charge < -0.3 is 9.16 Å². The molecule has 5 heteroatoms. The van der Waals surface area contributed by atoms with Crippen LogP contribution in [0.2, 0.25) is 37.8 Å². The topological polar surface area (TPSA) is 35.5 Å². The number of carbonyl (C=O) groups excluding carboxylic acids is 1. The number of esters is 1. The molecule has 0 amide bonds. The van der Waals surface area contributed by atoms with Gasteiger partial charge in [0.05, 0.1) is 15.2 Å². The molecule has 0 bridgehead atoms. The minimum absolute atomic E-state index is 0.236. The van der Waals surface area contributed by atoms with Gasteiger partial charge in [-0.25, -0.2) is 4.79 Å². The lowest BCUT2D eigenvalue weighted by molar-refractivity contribution is -0.136. The Morgan fingerprint density at radius 3 is 2.08 bits per heavy atom. The summed E-state index contributed by atoms with van der Waals surface area (Å²) in [6.45, 7) is 21.2. The van der Waals surface area contributed by atoms with E-state index in [0.29, 0.717) is 5.57 Å². The van der Waals surface area contributed by atoms with Crippen LogP contribution in [0.1, 0.15) is 53.4 Å². The van der Waals surface area contributed by atoms with Crippen LogP contribution in [0.4, 0.5) is 0 Å². The van der Waals surface area contributed by atoms with Crippen LogP contribution in [0.3, 0.4) is 0 Å². The molecule has 0 unspecified atom stereocenters. The summed E-state index contributed by atoms with van der Waals surface area (Å²) < 4.78 is 11.1. The minimum Gasteiger partial charge on any atom is -0.466 e. The first kappa shape index (κ1) is 25.3. The molecule has 0 aromatic carbocycles. The monoisotopic (exact) mass is 398 g/mol. The zero-order chi connectivity index (χ0) is 20.6. The lowest BCUT2D eigenvalue weighted by Crippen LogP contribution is -2.40. The first-order chi connectivity index (χ1) is 11.7. The molecule has 0 radical (unpaired) electrons. The molecule has 0 spiro atoms. The fraction of sp³-hybridized carbons (Fsp3) is 0.762. The fourth-order valence-corrected chi connectivity index (χ4v) is 4.95. The Morgan fingerprint density at radius 2 is 1.62 bits per heavy atom. The van der Waals surface area contributed by atoms with Gasteiger partial charge in [0.25, 0.3) is 0 Å². The Labute approximate surface area is 164 Å². The molecule has 0 saturated heterocycles. The summed E-state index contributed by atoms with van der Waals surface area (Å²) in [6.07, 6.45) is 6.15. The maximum Gasteiger partial charge on any atom is 0.333 e. The molecule has 0 rings (SSSR count). The van der Waals surface area contributed by atoms with Crippen LogP contribution in [0, 0.1) is 0 Å². The van der Waals surface area contributed by atoms with Crippen molar-refractivity contribution in [1.82, 2.24) is 0 Å². The zero-order valence-corrected chi connectivity index (χ0v) is 20.9. The van der Waals surface area contributed by atoms with Gasteiger partial charge in [0, 0.05) is 12.2 Å². The molecule has 0 fully saturated rings. The second-order valence-electron chi connectivity index (χ2n) is 9.82. The summed E-state index contributed by atoms with van der Waals surface area (Å²) in [5, 5.41) is 0.270. The van der Waals surface area contributed by atoms with Crippen LogP contribution in [0.15, 0.2) is 22.9 Å². The van der Waals surface area contributed by atoms with Gasteiger partial charge in [0.1, 0.15) is 0 Å². The number of allylic oxidation sites excluding steroid dienone is 2. The quantitative estimate of drug-likeness (QED) is 0.182. The molecule has 0 aliphatic carbocycles. The highest BCUT2D eigenvalue weighted by molar-refractivity contribution is 6.81. The van der Waals surface area contributed by atoms with Gasteiger partial charge in [-0.3, -0.25) is 0 Å². The van der Waals surface area contributed by atoms with E-state index in [-0.39, 0.29) is 11.0 Å². The molecule has 0 aromatic rings. The van der Waals surface area contributed by atoms with Crippen molar-refractivity contribution in [2.75, 3.05) is 13.7 Å². The van der Waals surface area contributed by atoms with Gasteiger partial charge in [-0.1, -0.05) is 57.8 Å². The van der Waals surface area contributed by atoms with Crippen molar-refractivity contribution < 1.29 is 14.0 Å². The summed E-state index contributed by atoms with van der Waals surface area (Å²) in [5.74, 6) is -0.236. The minimum atomic E-state index is -1.64. The van der Waals surface area contributed by atoms with Crippen molar-refractivity contribution in [3.05, 3.63) is 22.9 Å².